The minimum atomic E-state index is -0.594. The maximum Gasteiger partial charge on any atom is 0.352 e. The number of halogens is 1. The fourth-order valence-electron chi connectivity index (χ4n) is 3.65. The van der Waals surface area contributed by atoms with Gasteiger partial charge in [-0.1, -0.05) is 6.92 Å². The molecule has 9 nitrogen and oxygen atoms in total. The number of hydrogen-bond donors (Lipinski definition) is 1. The lowest BCUT2D eigenvalue weighted by molar-refractivity contribution is -0.117. The number of anilines is 2. The second-order valence-electron chi connectivity index (χ2n) is 7.49. The average Bonchev–Trinajstić information content (AvgIpc) is 3.03. The van der Waals surface area contributed by atoms with Crippen molar-refractivity contribution in [2.45, 2.75) is 26.3 Å². The van der Waals surface area contributed by atoms with Crippen LogP contribution in [-0.4, -0.2) is 45.3 Å². The molecule has 10 heteroatoms. The van der Waals surface area contributed by atoms with Crippen LogP contribution >= 0.6 is 0 Å². The second kappa shape index (κ2) is 8.13. The molecule has 1 amide bonds. The van der Waals surface area contributed by atoms with E-state index < -0.39 is 17.4 Å². The number of ether oxygens (including phenoxy) is 1. The summed E-state index contributed by atoms with van der Waals surface area (Å²) in [6.45, 7) is 3.72. The van der Waals surface area contributed by atoms with E-state index in [0.717, 1.165) is 36.1 Å². The van der Waals surface area contributed by atoms with Crippen molar-refractivity contribution in [1.29, 1.82) is 0 Å². The van der Waals surface area contributed by atoms with E-state index in [1.807, 2.05) is 0 Å². The molecule has 1 aliphatic rings. The van der Waals surface area contributed by atoms with Crippen molar-refractivity contribution < 1.29 is 13.9 Å². The number of hydrogen-bond acceptors (Lipinski definition) is 6. The predicted molar refractivity (Wildman–Crippen MR) is 109 cm³/mol. The van der Waals surface area contributed by atoms with Gasteiger partial charge in [-0.25, -0.2) is 18.3 Å². The van der Waals surface area contributed by atoms with Crippen LogP contribution in [0.25, 0.3) is 5.78 Å². The molecule has 0 saturated carbocycles. The summed E-state index contributed by atoms with van der Waals surface area (Å²) in [6, 6.07) is 5.87. The first-order chi connectivity index (χ1) is 14.4. The first kappa shape index (κ1) is 19.9. The molecule has 0 spiro atoms. The van der Waals surface area contributed by atoms with E-state index in [4.69, 9.17) is 4.74 Å². The zero-order chi connectivity index (χ0) is 21.3. The Labute approximate surface area is 172 Å². The summed E-state index contributed by atoms with van der Waals surface area (Å²) in [6.07, 6.45) is 3.92. The number of piperidine rings is 1. The Morgan fingerprint density at radius 1 is 1.37 bits per heavy atom. The molecule has 0 radical (unpaired) electrons. The summed E-state index contributed by atoms with van der Waals surface area (Å²) in [7, 11) is 1.36. The molecule has 4 rings (SSSR count). The maximum absolute atomic E-state index is 13.8. The molecule has 0 bridgehead atoms. The van der Waals surface area contributed by atoms with Gasteiger partial charge >= 0.3 is 5.69 Å². The molecule has 30 heavy (non-hydrogen) atoms. The first-order valence-electron chi connectivity index (χ1n) is 9.79. The lowest BCUT2D eigenvalue weighted by atomic mass is 10.0. The molecule has 1 atom stereocenters. The minimum absolute atomic E-state index is 0.0783. The van der Waals surface area contributed by atoms with Crippen molar-refractivity contribution in [3.63, 3.8) is 0 Å². The van der Waals surface area contributed by atoms with Gasteiger partial charge in [0.25, 0.3) is 5.78 Å². The van der Waals surface area contributed by atoms with Gasteiger partial charge in [0.15, 0.2) is 11.6 Å². The van der Waals surface area contributed by atoms with Gasteiger partial charge in [0.2, 0.25) is 5.91 Å². The van der Waals surface area contributed by atoms with Crippen LogP contribution in [0.2, 0.25) is 0 Å². The normalized spacial score (nSPS) is 16.6. The van der Waals surface area contributed by atoms with Crippen LogP contribution in [0.3, 0.4) is 0 Å². The van der Waals surface area contributed by atoms with Crippen LogP contribution < -0.4 is 20.6 Å². The zero-order valence-corrected chi connectivity index (χ0v) is 16.8. The Morgan fingerprint density at radius 2 is 2.20 bits per heavy atom. The standard InChI is InChI=1S/C20H23FN6O3/c1-13-4-3-8-25(11-13)17-7-9-26-19(23-17)24-27(20(26)29)12-18(28)22-14-5-6-16(30-2)15(21)10-14/h5-7,9-10,13H,3-4,8,11-12H2,1-2H3,(H,22,28)/t13-/m1/s1. The van der Waals surface area contributed by atoms with Crippen LogP contribution in [0.4, 0.5) is 15.9 Å². The molecule has 1 fully saturated rings. The number of fused-ring (bicyclic) bond motifs is 1. The Kier molecular flexibility index (Phi) is 5.39. The summed E-state index contributed by atoms with van der Waals surface area (Å²) in [5.41, 5.74) is -0.207. The Morgan fingerprint density at radius 3 is 2.93 bits per heavy atom. The minimum Gasteiger partial charge on any atom is -0.494 e. The molecule has 0 aliphatic carbocycles. The molecule has 1 aromatic carbocycles. The zero-order valence-electron chi connectivity index (χ0n) is 16.8. The van der Waals surface area contributed by atoms with E-state index in [2.05, 4.69) is 27.2 Å². The van der Waals surface area contributed by atoms with Gasteiger partial charge in [-0.3, -0.25) is 4.79 Å². The highest BCUT2D eigenvalue weighted by atomic mass is 19.1. The van der Waals surface area contributed by atoms with Gasteiger partial charge in [-0.15, -0.1) is 5.10 Å². The quantitative estimate of drug-likeness (QED) is 0.686. The van der Waals surface area contributed by atoms with Gasteiger partial charge in [0, 0.05) is 31.0 Å². The van der Waals surface area contributed by atoms with Gasteiger partial charge in [0.05, 0.1) is 7.11 Å². The number of rotatable bonds is 5. The largest absolute Gasteiger partial charge is 0.494 e. The third-order valence-corrected chi connectivity index (χ3v) is 5.15. The number of carbonyl (C=O) groups excluding carboxylic acids is 1. The molecule has 3 aromatic rings. The number of nitrogens with one attached hydrogen (secondary N) is 1. The fourth-order valence-corrected chi connectivity index (χ4v) is 3.65. The smallest absolute Gasteiger partial charge is 0.352 e. The average molecular weight is 414 g/mol. The fraction of sp³-hybridized carbons (Fsp3) is 0.400. The third-order valence-electron chi connectivity index (χ3n) is 5.15. The number of benzene rings is 1. The Bertz CT molecular complexity index is 1140. The van der Waals surface area contributed by atoms with E-state index in [1.165, 1.54) is 30.1 Å². The highest BCUT2D eigenvalue weighted by Gasteiger charge is 2.19. The molecule has 1 saturated heterocycles. The van der Waals surface area contributed by atoms with Gasteiger partial charge in [0.1, 0.15) is 12.4 Å². The lowest BCUT2D eigenvalue weighted by Crippen LogP contribution is -2.34. The van der Waals surface area contributed by atoms with Crippen molar-refractivity contribution in [3.05, 3.63) is 46.8 Å². The first-order valence-corrected chi connectivity index (χ1v) is 9.79. The summed E-state index contributed by atoms with van der Waals surface area (Å²) in [4.78, 5) is 31.6. The van der Waals surface area contributed by atoms with Gasteiger partial charge < -0.3 is 15.0 Å². The Hall–Kier alpha value is -3.43. The van der Waals surface area contributed by atoms with Gasteiger partial charge in [-0.2, -0.15) is 4.98 Å². The molecule has 3 heterocycles. The van der Waals surface area contributed by atoms with E-state index >= 15 is 0 Å². The van der Waals surface area contributed by atoms with Crippen molar-refractivity contribution in [3.8, 4) is 5.75 Å². The summed E-state index contributed by atoms with van der Waals surface area (Å²) in [5, 5.41) is 6.74. The second-order valence-corrected chi connectivity index (χ2v) is 7.49. The summed E-state index contributed by atoms with van der Waals surface area (Å²) >= 11 is 0. The topological polar surface area (TPSA) is 93.8 Å². The molecule has 1 N–H and O–H groups in total. The number of aromatic nitrogens is 4. The molecule has 0 unspecified atom stereocenters. The highest BCUT2D eigenvalue weighted by molar-refractivity contribution is 5.90. The van der Waals surface area contributed by atoms with Crippen LogP contribution in [0.1, 0.15) is 19.8 Å². The summed E-state index contributed by atoms with van der Waals surface area (Å²) < 4.78 is 21.0. The number of methoxy groups -OCH3 is 1. The van der Waals surface area contributed by atoms with Crippen molar-refractivity contribution in [1.82, 2.24) is 19.2 Å². The van der Waals surface area contributed by atoms with E-state index in [0.29, 0.717) is 5.92 Å². The number of carbonyl (C=O) groups is 1. The molecule has 158 valence electrons. The monoisotopic (exact) mass is 414 g/mol. The molecule has 2 aromatic heterocycles. The number of amides is 1. The van der Waals surface area contributed by atoms with Crippen molar-refractivity contribution in [2.24, 2.45) is 5.92 Å². The third kappa shape index (κ3) is 3.98. The molecular formula is C20H23FN6O3. The SMILES string of the molecule is COc1ccc(NC(=O)Cn2nc3nc(N4CCC[C@@H](C)C4)ccn3c2=O)cc1F. The van der Waals surface area contributed by atoms with E-state index in [-0.39, 0.29) is 23.8 Å². The molecule has 1 aliphatic heterocycles. The van der Waals surface area contributed by atoms with Gasteiger partial charge in [-0.05, 0) is 37.0 Å². The maximum atomic E-state index is 13.8. The predicted octanol–water partition coefficient (Wildman–Crippen LogP) is 1.91. The van der Waals surface area contributed by atoms with E-state index in [9.17, 15) is 14.0 Å². The van der Waals surface area contributed by atoms with Crippen molar-refractivity contribution >= 4 is 23.2 Å². The summed E-state index contributed by atoms with van der Waals surface area (Å²) in [5.74, 6) is 0.569. The van der Waals surface area contributed by atoms with Crippen molar-refractivity contribution in [2.75, 3.05) is 30.4 Å². The van der Waals surface area contributed by atoms with Crippen LogP contribution in [-0.2, 0) is 11.3 Å². The van der Waals surface area contributed by atoms with Crippen LogP contribution in [0.15, 0.2) is 35.3 Å². The van der Waals surface area contributed by atoms with E-state index in [1.54, 1.807) is 12.3 Å². The van der Waals surface area contributed by atoms with Crippen LogP contribution in [0, 0.1) is 11.7 Å². The molecular weight excluding hydrogens is 391 g/mol. The number of nitrogens with zero attached hydrogens (tertiary/aromatic N) is 5. The Balaban J connectivity index is 1.51. The lowest BCUT2D eigenvalue weighted by Gasteiger charge is -2.31. The van der Waals surface area contributed by atoms with Crippen LogP contribution in [0.5, 0.6) is 5.75 Å². The highest BCUT2D eigenvalue weighted by Crippen LogP contribution is 2.22.